The average Bonchev–Trinajstić information content (AvgIpc) is 2.91. The van der Waals surface area contributed by atoms with Gasteiger partial charge in [0.25, 0.3) is 0 Å². The van der Waals surface area contributed by atoms with Crippen molar-refractivity contribution in [1.82, 2.24) is 4.90 Å². The summed E-state index contributed by atoms with van der Waals surface area (Å²) in [5, 5.41) is 0. The van der Waals surface area contributed by atoms with Gasteiger partial charge in [-0.05, 0) is 35.9 Å². The van der Waals surface area contributed by atoms with Crippen LogP contribution < -0.4 is 14.5 Å². The minimum Gasteiger partial charge on any atom is -0.497 e. The highest BCUT2D eigenvalue weighted by Gasteiger charge is 2.21. The molecule has 0 radical (unpaired) electrons. The smallest absolute Gasteiger partial charge is 0.340 e. The van der Waals surface area contributed by atoms with E-state index in [0.717, 1.165) is 45.0 Å². The van der Waals surface area contributed by atoms with Crippen molar-refractivity contribution in [2.75, 3.05) is 63.3 Å². The Morgan fingerprint density at radius 2 is 1.56 bits per heavy atom. The van der Waals surface area contributed by atoms with Crippen LogP contribution in [-0.4, -0.2) is 64.4 Å². The van der Waals surface area contributed by atoms with E-state index in [4.69, 9.17) is 9.47 Å². The zero-order valence-electron chi connectivity index (χ0n) is 20.0. The fraction of sp³-hybridized carbons (Fsp3) is 0.321. The fourth-order valence-electron chi connectivity index (χ4n) is 4.41. The third-order valence-electron chi connectivity index (χ3n) is 6.35. The second kappa shape index (κ2) is 11.6. The van der Waals surface area contributed by atoms with Crippen LogP contribution >= 0.6 is 0 Å². The number of carbonyl (C=O) groups excluding carboxylic acids is 1. The maximum Gasteiger partial charge on any atom is 0.340 e. The summed E-state index contributed by atoms with van der Waals surface area (Å²) in [6, 6.07) is 26.6. The molecule has 0 saturated carbocycles. The Hall–Kier alpha value is -3.51. The van der Waals surface area contributed by atoms with Crippen molar-refractivity contribution in [2.45, 2.75) is 6.54 Å². The number of nitrogens with zero attached hydrogens (tertiary/aromatic N) is 3. The van der Waals surface area contributed by atoms with Crippen LogP contribution in [0.4, 0.5) is 11.4 Å². The van der Waals surface area contributed by atoms with Gasteiger partial charge in [-0.3, -0.25) is 4.90 Å². The fourth-order valence-corrected chi connectivity index (χ4v) is 4.41. The summed E-state index contributed by atoms with van der Waals surface area (Å²) < 4.78 is 10.5. The van der Waals surface area contributed by atoms with E-state index in [0.29, 0.717) is 17.9 Å². The largest absolute Gasteiger partial charge is 0.497 e. The molecule has 0 aromatic heterocycles. The van der Waals surface area contributed by atoms with Crippen molar-refractivity contribution >= 4 is 17.3 Å². The summed E-state index contributed by atoms with van der Waals surface area (Å²) in [4.78, 5) is 19.8. The first-order chi connectivity index (χ1) is 16.7. The molecule has 0 spiro atoms. The van der Waals surface area contributed by atoms with E-state index >= 15 is 0 Å². The lowest BCUT2D eigenvalue weighted by atomic mass is 10.1. The number of methoxy groups -OCH3 is 2. The SMILES string of the molecule is COC(=O)c1cc(OC)ccc1N(CCN1CCN(c2ccccc2)CC1)Cc1ccccc1. The van der Waals surface area contributed by atoms with Crippen LogP contribution in [0.25, 0.3) is 0 Å². The molecule has 1 saturated heterocycles. The third kappa shape index (κ3) is 5.88. The highest BCUT2D eigenvalue weighted by molar-refractivity contribution is 5.96. The minimum absolute atomic E-state index is 0.358. The normalized spacial score (nSPS) is 14.0. The van der Waals surface area contributed by atoms with Gasteiger partial charge in [0.05, 0.1) is 25.5 Å². The Bertz CT molecular complexity index is 1050. The lowest BCUT2D eigenvalue weighted by Crippen LogP contribution is -2.48. The predicted octanol–water partition coefficient (Wildman–Crippen LogP) is 4.31. The summed E-state index contributed by atoms with van der Waals surface area (Å²) in [6.45, 7) is 6.48. The molecule has 1 heterocycles. The number of esters is 1. The first kappa shape index (κ1) is 23.6. The molecule has 34 heavy (non-hydrogen) atoms. The maximum atomic E-state index is 12.6. The van der Waals surface area contributed by atoms with E-state index < -0.39 is 0 Å². The topological polar surface area (TPSA) is 45.3 Å². The summed E-state index contributed by atoms with van der Waals surface area (Å²) in [5.41, 5.74) is 3.86. The Balaban J connectivity index is 1.48. The molecule has 6 nitrogen and oxygen atoms in total. The summed E-state index contributed by atoms with van der Waals surface area (Å²) >= 11 is 0. The molecule has 3 aromatic carbocycles. The quantitative estimate of drug-likeness (QED) is 0.445. The number of benzene rings is 3. The summed E-state index contributed by atoms with van der Waals surface area (Å²) in [7, 11) is 3.02. The minimum atomic E-state index is -0.358. The zero-order chi connectivity index (χ0) is 23.8. The Morgan fingerprint density at radius 1 is 0.882 bits per heavy atom. The molecule has 0 aliphatic carbocycles. The van der Waals surface area contributed by atoms with Gasteiger partial charge in [-0.1, -0.05) is 48.5 Å². The lowest BCUT2D eigenvalue weighted by molar-refractivity contribution is 0.0601. The number of hydrogen-bond donors (Lipinski definition) is 0. The maximum absolute atomic E-state index is 12.6. The molecule has 0 bridgehead atoms. The van der Waals surface area contributed by atoms with Crippen LogP contribution in [0.5, 0.6) is 5.75 Å². The Labute approximate surface area is 202 Å². The van der Waals surface area contributed by atoms with E-state index in [2.05, 4.69) is 57.2 Å². The van der Waals surface area contributed by atoms with Crippen LogP contribution in [0.2, 0.25) is 0 Å². The molecule has 178 valence electrons. The summed E-state index contributed by atoms with van der Waals surface area (Å²) in [6.07, 6.45) is 0. The zero-order valence-corrected chi connectivity index (χ0v) is 20.0. The van der Waals surface area contributed by atoms with Crippen LogP contribution in [-0.2, 0) is 11.3 Å². The van der Waals surface area contributed by atoms with Crippen LogP contribution in [0.1, 0.15) is 15.9 Å². The van der Waals surface area contributed by atoms with Gasteiger partial charge in [-0.2, -0.15) is 0 Å². The molecule has 4 rings (SSSR count). The second-order valence-electron chi connectivity index (χ2n) is 8.45. The molecule has 0 amide bonds. The van der Waals surface area contributed by atoms with Gasteiger partial charge in [0, 0.05) is 51.5 Å². The molecule has 0 atom stereocenters. The molecule has 0 N–H and O–H groups in total. The highest BCUT2D eigenvalue weighted by Crippen LogP contribution is 2.28. The lowest BCUT2D eigenvalue weighted by Gasteiger charge is -2.37. The van der Waals surface area contributed by atoms with Crippen LogP contribution in [0.3, 0.4) is 0 Å². The second-order valence-corrected chi connectivity index (χ2v) is 8.45. The Kier molecular flexibility index (Phi) is 8.04. The van der Waals surface area contributed by atoms with Gasteiger partial charge in [-0.15, -0.1) is 0 Å². The number of hydrogen-bond acceptors (Lipinski definition) is 6. The number of para-hydroxylation sites is 1. The molecule has 0 unspecified atom stereocenters. The highest BCUT2D eigenvalue weighted by atomic mass is 16.5. The van der Waals surface area contributed by atoms with Gasteiger partial charge in [0.2, 0.25) is 0 Å². The van der Waals surface area contributed by atoms with Crippen molar-refractivity contribution in [3.8, 4) is 5.75 Å². The van der Waals surface area contributed by atoms with Gasteiger partial charge in [-0.25, -0.2) is 4.79 Å². The van der Waals surface area contributed by atoms with E-state index in [1.807, 2.05) is 30.3 Å². The molecule has 6 heteroatoms. The van der Waals surface area contributed by atoms with E-state index in [1.165, 1.54) is 18.4 Å². The van der Waals surface area contributed by atoms with Crippen molar-refractivity contribution < 1.29 is 14.3 Å². The molecule has 1 fully saturated rings. The number of piperazine rings is 1. The Morgan fingerprint density at radius 3 is 2.21 bits per heavy atom. The van der Waals surface area contributed by atoms with Crippen molar-refractivity contribution in [3.05, 3.63) is 90.0 Å². The van der Waals surface area contributed by atoms with Crippen LogP contribution in [0, 0.1) is 0 Å². The van der Waals surface area contributed by atoms with Gasteiger partial charge >= 0.3 is 5.97 Å². The summed E-state index contributed by atoms with van der Waals surface area (Å²) in [5.74, 6) is 0.282. The predicted molar refractivity (Wildman–Crippen MR) is 137 cm³/mol. The van der Waals surface area contributed by atoms with Crippen molar-refractivity contribution in [2.24, 2.45) is 0 Å². The van der Waals surface area contributed by atoms with E-state index in [9.17, 15) is 4.79 Å². The van der Waals surface area contributed by atoms with E-state index in [-0.39, 0.29) is 5.97 Å². The molecule has 1 aliphatic rings. The van der Waals surface area contributed by atoms with Crippen LogP contribution in [0.15, 0.2) is 78.9 Å². The molecule has 3 aromatic rings. The van der Waals surface area contributed by atoms with Gasteiger partial charge in [0.15, 0.2) is 0 Å². The third-order valence-corrected chi connectivity index (χ3v) is 6.35. The van der Waals surface area contributed by atoms with Crippen molar-refractivity contribution in [1.29, 1.82) is 0 Å². The van der Waals surface area contributed by atoms with Gasteiger partial charge in [0.1, 0.15) is 5.75 Å². The molecular weight excluding hydrogens is 426 g/mol. The first-order valence-electron chi connectivity index (χ1n) is 11.8. The number of carbonyl (C=O) groups is 1. The van der Waals surface area contributed by atoms with Gasteiger partial charge < -0.3 is 19.3 Å². The molecular formula is C28H33N3O3. The number of rotatable bonds is 9. The average molecular weight is 460 g/mol. The molecule has 1 aliphatic heterocycles. The first-order valence-corrected chi connectivity index (χ1v) is 11.8. The number of anilines is 2. The van der Waals surface area contributed by atoms with E-state index in [1.54, 1.807) is 13.2 Å². The standard InChI is InChI=1S/C28H33N3O3/c1-33-25-13-14-27(26(21-25)28(32)34-2)31(22-23-9-5-3-6-10-23)20-17-29-15-18-30(19-16-29)24-11-7-4-8-12-24/h3-14,21H,15-20,22H2,1-2H3. The number of ether oxygens (including phenoxy) is 2. The monoisotopic (exact) mass is 459 g/mol. The van der Waals surface area contributed by atoms with Crippen molar-refractivity contribution in [3.63, 3.8) is 0 Å².